The number of aliphatic hydroxyl groups is 1. The molecule has 0 saturated carbocycles. The Hall–Kier alpha value is -4.48. The first-order valence-corrected chi connectivity index (χ1v) is 29.0. The molecule has 72 heavy (non-hydrogen) atoms. The van der Waals surface area contributed by atoms with Crippen molar-refractivity contribution in [3.63, 3.8) is 0 Å². The summed E-state index contributed by atoms with van der Waals surface area (Å²) in [4.78, 5) is 24.5. The number of allylic oxidation sites excluding steroid dienone is 26. The average Bonchev–Trinajstić information content (AvgIpc) is 3.38. The third-order valence-corrected chi connectivity index (χ3v) is 11.8. The Labute approximate surface area is 443 Å². The van der Waals surface area contributed by atoms with Gasteiger partial charge < -0.3 is 14.6 Å². The van der Waals surface area contributed by atoms with Crippen LogP contribution in [0.1, 0.15) is 232 Å². The second-order valence-electron chi connectivity index (χ2n) is 18.6. The molecule has 1 N–H and O–H groups in total. The molecular weight excluding hydrogens is 885 g/mol. The number of carbonyl (C=O) groups is 2. The first-order valence-electron chi connectivity index (χ1n) is 29.0. The molecule has 0 heterocycles. The monoisotopic (exact) mass is 991 g/mol. The van der Waals surface area contributed by atoms with Crippen LogP contribution in [0, 0.1) is 0 Å². The molecule has 0 saturated heterocycles. The van der Waals surface area contributed by atoms with Gasteiger partial charge in [0.1, 0.15) is 6.61 Å². The Kier molecular flexibility index (Phi) is 57.0. The smallest absolute Gasteiger partial charge is 0.306 e. The number of ether oxygens (including phenoxy) is 2. The average molecular weight is 992 g/mol. The maximum Gasteiger partial charge on any atom is 0.306 e. The Morgan fingerprint density at radius 3 is 0.833 bits per heavy atom. The molecule has 0 spiro atoms. The van der Waals surface area contributed by atoms with Crippen molar-refractivity contribution in [2.24, 2.45) is 0 Å². The van der Waals surface area contributed by atoms with Crippen LogP contribution in [0.25, 0.3) is 0 Å². The summed E-state index contributed by atoms with van der Waals surface area (Å²) in [7, 11) is 0. The predicted octanol–water partition coefficient (Wildman–Crippen LogP) is 20.0. The van der Waals surface area contributed by atoms with Gasteiger partial charge in [0.15, 0.2) is 6.10 Å². The number of unbranched alkanes of at least 4 members (excludes halogenated alkanes) is 17. The number of hydrogen-bond acceptors (Lipinski definition) is 5. The minimum absolute atomic E-state index is 0.0811. The zero-order valence-corrected chi connectivity index (χ0v) is 46.1. The molecule has 0 aliphatic heterocycles. The van der Waals surface area contributed by atoms with Gasteiger partial charge in [-0.05, 0) is 122 Å². The van der Waals surface area contributed by atoms with Crippen molar-refractivity contribution in [2.75, 3.05) is 13.2 Å². The van der Waals surface area contributed by atoms with E-state index in [9.17, 15) is 14.7 Å². The van der Waals surface area contributed by atoms with E-state index in [1.807, 2.05) is 0 Å². The first kappa shape index (κ1) is 67.5. The zero-order chi connectivity index (χ0) is 52.0. The largest absolute Gasteiger partial charge is 0.462 e. The molecule has 0 aliphatic rings. The topological polar surface area (TPSA) is 72.8 Å². The van der Waals surface area contributed by atoms with Crippen molar-refractivity contribution in [1.82, 2.24) is 0 Å². The maximum atomic E-state index is 12.3. The van der Waals surface area contributed by atoms with Crippen LogP contribution in [0.15, 0.2) is 158 Å². The van der Waals surface area contributed by atoms with Gasteiger partial charge in [-0.25, -0.2) is 0 Å². The minimum atomic E-state index is -0.790. The van der Waals surface area contributed by atoms with E-state index in [0.717, 1.165) is 128 Å². The Bertz CT molecular complexity index is 1590. The van der Waals surface area contributed by atoms with Gasteiger partial charge >= 0.3 is 11.9 Å². The van der Waals surface area contributed by atoms with Crippen LogP contribution in [0.4, 0.5) is 0 Å². The number of carbonyl (C=O) groups excluding carboxylic acids is 2. The second kappa shape index (κ2) is 60.8. The summed E-state index contributed by atoms with van der Waals surface area (Å²) in [5, 5.41) is 9.64. The van der Waals surface area contributed by atoms with Gasteiger partial charge in [0.05, 0.1) is 6.61 Å². The molecule has 0 aliphatic carbocycles. The van der Waals surface area contributed by atoms with Crippen molar-refractivity contribution in [3.05, 3.63) is 158 Å². The highest BCUT2D eigenvalue weighted by molar-refractivity contribution is 5.70. The third kappa shape index (κ3) is 58.1. The SMILES string of the molecule is CC/C=C\C/C=C\C/C=C\C/C=C\C/C=C\C/C=C\C/C=C\C/C=C\C/C=C\C/C=C\CCCCCCCCCCCCC(=O)OC(CO)COC(=O)CCCCCCCCC/C=C\C/C=C\C/C=C\CC. The van der Waals surface area contributed by atoms with Crippen molar-refractivity contribution in [2.45, 2.75) is 238 Å². The lowest BCUT2D eigenvalue weighted by Crippen LogP contribution is -2.28. The molecule has 0 fully saturated rings. The molecule has 0 aromatic rings. The summed E-state index contributed by atoms with van der Waals surface area (Å²) in [6.07, 6.45) is 93.6. The fourth-order valence-electron chi connectivity index (χ4n) is 7.54. The molecule has 1 unspecified atom stereocenters. The summed E-state index contributed by atoms with van der Waals surface area (Å²) < 4.78 is 10.7. The molecule has 5 nitrogen and oxygen atoms in total. The standard InChI is InChI=1S/C67H106O5/c1-3-5-7-9-11-13-15-17-19-21-22-23-24-25-26-27-28-29-30-31-32-33-34-35-36-37-38-39-40-41-42-43-44-46-48-50-52-54-56-58-60-62-67(70)72-65(63-68)64-71-66(69)61-59-57-55-53-51-49-47-45-20-18-16-14-12-10-8-6-4-2/h5-8,11-14,17-20,22-23,25-26,28-29,31-32,34-35,37-38,40-41,65,68H,3-4,9-10,15-16,21,24,27,30,33,36,39,42-64H2,1-2H3/b7-5-,8-6-,13-11-,14-12-,19-17-,20-18-,23-22-,26-25-,29-28-,32-31-,35-34-,38-37-,41-40-. The van der Waals surface area contributed by atoms with Crippen LogP contribution in [-0.2, 0) is 19.1 Å². The van der Waals surface area contributed by atoms with Crippen LogP contribution < -0.4 is 0 Å². The van der Waals surface area contributed by atoms with Crippen LogP contribution in [0.2, 0.25) is 0 Å². The van der Waals surface area contributed by atoms with E-state index in [1.165, 1.54) is 77.0 Å². The lowest BCUT2D eigenvalue weighted by atomic mass is 10.0. The van der Waals surface area contributed by atoms with Gasteiger partial charge in [0.25, 0.3) is 0 Å². The second-order valence-corrected chi connectivity index (χ2v) is 18.6. The van der Waals surface area contributed by atoms with Crippen molar-refractivity contribution >= 4 is 11.9 Å². The summed E-state index contributed by atoms with van der Waals surface area (Å²) in [5.41, 5.74) is 0. The van der Waals surface area contributed by atoms with E-state index in [0.29, 0.717) is 12.8 Å². The Morgan fingerprint density at radius 2 is 0.556 bits per heavy atom. The molecule has 0 rings (SSSR count). The van der Waals surface area contributed by atoms with Gasteiger partial charge in [-0.3, -0.25) is 9.59 Å². The number of rotatable bonds is 51. The molecule has 0 bridgehead atoms. The molecular formula is C67H106O5. The molecule has 404 valence electrons. The van der Waals surface area contributed by atoms with Crippen LogP contribution >= 0.6 is 0 Å². The van der Waals surface area contributed by atoms with E-state index in [2.05, 4.69) is 172 Å². The molecule has 1 atom stereocenters. The fraction of sp³-hybridized carbons (Fsp3) is 0.582. The van der Waals surface area contributed by atoms with Gasteiger partial charge in [-0.2, -0.15) is 0 Å². The van der Waals surface area contributed by atoms with Crippen LogP contribution in [0.5, 0.6) is 0 Å². The van der Waals surface area contributed by atoms with Gasteiger partial charge in [0, 0.05) is 12.8 Å². The quantitative estimate of drug-likeness (QED) is 0.0373. The van der Waals surface area contributed by atoms with Crippen LogP contribution in [-0.4, -0.2) is 36.4 Å². The van der Waals surface area contributed by atoms with Gasteiger partial charge in [0.2, 0.25) is 0 Å². The Morgan fingerprint density at radius 1 is 0.319 bits per heavy atom. The highest BCUT2D eigenvalue weighted by Gasteiger charge is 2.16. The van der Waals surface area contributed by atoms with Gasteiger partial charge in [-0.1, -0.05) is 255 Å². The van der Waals surface area contributed by atoms with E-state index in [-0.39, 0.29) is 25.2 Å². The molecule has 5 heteroatoms. The zero-order valence-electron chi connectivity index (χ0n) is 46.1. The number of esters is 2. The molecule has 0 aromatic carbocycles. The highest BCUT2D eigenvalue weighted by Crippen LogP contribution is 2.14. The van der Waals surface area contributed by atoms with Crippen LogP contribution in [0.3, 0.4) is 0 Å². The maximum absolute atomic E-state index is 12.3. The van der Waals surface area contributed by atoms with E-state index >= 15 is 0 Å². The predicted molar refractivity (Wildman–Crippen MR) is 315 cm³/mol. The summed E-state index contributed by atoms with van der Waals surface area (Å²) in [6, 6.07) is 0. The Balaban J connectivity index is 3.60. The van der Waals surface area contributed by atoms with E-state index in [1.54, 1.807) is 0 Å². The molecule has 0 radical (unpaired) electrons. The minimum Gasteiger partial charge on any atom is -0.462 e. The summed E-state index contributed by atoms with van der Waals surface area (Å²) in [6.45, 7) is 3.90. The molecule has 0 amide bonds. The van der Waals surface area contributed by atoms with E-state index < -0.39 is 6.10 Å². The summed E-state index contributed by atoms with van der Waals surface area (Å²) >= 11 is 0. The van der Waals surface area contributed by atoms with E-state index in [4.69, 9.17) is 9.47 Å². The first-order chi connectivity index (χ1) is 35.6. The normalized spacial score (nSPS) is 13.4. The molecule has 0 aromatic heterocycles. The van der Waals surface area contributed by atoms with Crippen molar-refractivity contribution in [3.8, 4) is 0 Å². The third-order valence-electron chi connectivity index (χ3n) is 11.8. The van der Waals surface area contributed by atoms with Gasteiger partial charge in [-0.15, -0.1) is 0 Å². The number of hydrogen-bond donors (Lipinski definition) is 1. The lowest BCUT2D eigenvalue weighted by Gasteiger charge is -2.15. The van der Waals surface area contributed by atoms with Crippen molar-refractivity contribution < 1.29 is 24.2 Å². The fourth-order valence-corrected chi connectivity index (χ4v) is 7.54. The lowest BCUT2D eigenvalue weighted by molar-refractivity contribution is -0.161. The van der Waals surface area contributed by atoms with Crippen molar-refractivity contribution in [1.29, 1.82) is 0 Å². The number of aliphatic hydroxyl groups excluding tert-OH is 1. The summed E-state index contributed by atoms with van der Waals surface area (Å²) in [5.74, 6) is -0.616. The highest BCUT2D eigenvalue weighted by atomic mass is 16.6.